The molecule has 1 N–H and O–H groups in total. The Morgan fingerprint density at radius 2 is 1.71 bits per heavy atom. The van der Waals surface area contributed by atoms with E-state index in [0.717, 1.165) is 17.7 Å². The molecule has 0 saturated carbocycles. The zero-order chi connectivity index (χ0) is 12.4. The standard InChI is InChI=1S/C12H12ClNO3/c13-9-7-8(15)5-6-10(9)14-11(16)3-1-2-4-12(14)17/h5-7,15H,1-4H2. The molecule has 1 aliphatic rings. The summed E-state index contributed by atoms with van der Waals surface area (Å²) >= 11 is 5.94. The number of carbonyl (C=O) groups is 2. The first kappa shape index (κ1) is 11.9. The third-order valence-electron chi connectivity index (χ3n) is 2.70. The number of anilines is 1. The van der Waals surface area contributed by atoms with Crippen LogP contribution in [-0.2, 0) is 9.59 Å². The Hall–Kier alpha value is -1.55. The normalized spacial score (nSPS) is 17.1. The largest absolute Gasteiger partial charge is 0.508 e. The molecule has 1 aliphatic heterocycles. The molecule has 5 heteroatoms. The van der Waals surface area contributed by atoms with Crippen molar-refractivity contribution in [1.29, 1.82) is 0 Å². The number of amides is 2. The Balaban J connectivity index is 2.41. The second-order valence-corrected chi connectivity index (χ2v) is 4.37. The summed E-state index contributed by atoms with van der Waals surface area (Å²) in [5.41, 5.74) is 0.348. The van der Waals surface area contributed by atoms with Crippen LogP contribution in [0.2, 0.25) is 5.02 Å². The number of phenolic OH excluding ortho intramolecular Hbond substituents is 1. The number of rotatable bonds is 1. The third kappa shape index (κ3) is 2.42. The van der Waals surface area contributed by atoms with Gasteiger partial charge in [-0.3, -0.25) is 9.59 Å². The molecule has 0 aromatic heterocycles. The van der Waals surface area contributed by atoms with E-state index in [1.54, 1.807) is 0 Å². The van der Waals surface area contributed by atoms with Gasteiger partial charge in [0.2, 0.25) is 11.8 Å². The summed E-state index contributed by atoms with van der Waals surface area (Å²) < 4.78 is 0. The molecule has 0 bridgehead atoms. The van der Waals surface area contributed by atoms with Crippen LogP contribution < -0.4 is 4.90 Å². The minimum atomic E-state index is -0.236. The highest BCUT2D eigenvalue weighted by molar-refractivity contribution is 6.35. The van der Waals surface area contributed by atoms with Crippen LogP contribution in [0.1, 0.15) is 25.7 Å². The number of nitrogens with zero attached hydrogens (tertiary/aromatic N) is 1. The summed E-state index contributed by atoms with van der Waals surface area (Å²) in [6.07, 6.45) is 2.14. The highest BCUT2D eigenvalue weighted by atomic mass is 35.5. The molecule has 90 valence electrons. The predicted octanol–water partition coefficient (Wildman–Crippen LogP) is 2.48. The third-order valence-corrected chi connectivity index (χ3v) is 3.00. The predicted molar refractivity (Wildman–Crippen MR) is 64.1 cm³/mol. The van der Waals surface area contributed by atoms with Crippen molar-refractivity contribution in [3.8, 4) is 5.75 Å². The van der Waals surface area contributed by atoms with Crippen molar-refractivity contribution in [3.05, 3.63) is 23.2 Å². The zero-order valence-electron chi connectivity index (χ0n) is 9.15. The molecule has 1 aromatic carbocycles. The van der Waals surface area contributed by atoms with Crippen molar-refractivity contribution >= 4 is 29.1 Å². The Morgan fingerprint density at radius 1 is 1.12 bits per heavy atom. The molecule has 17 heavy (non-hydrogen) atoms. The maximum atomic E-state index is 11.8. The van der Waals surface area contributed by atoms with Gasteiger partial charge in [0.05, 0.1) is 10.7 Å². The van der Waals surface area contributed by atoms with Crippen LogP contribution in [0.3, 0.4) is 0 Å². The fourth-order valence-electron chi connectivity index (χ4n) is 1.86. The van der Waals surface area contributed by atoms with Gasteiger partial charge in [0.15, 0.2) is 0 Å². The van der Waals surface area contributed by atoms with Crippen molar-refractivity contribution in [3.63, 3.8) is 0 Å². The molecular weight excluding hydrogens is 242 g/mol. The van der Waals surface area contributed by atoms with Gasteiger partial charge in [0.25, 0.3) is 0 Å². The number of aromatic hydroxyl groups is 1. The van der Waals surface area contributed by atoms with Crippen LogP contribution >= 0.6 is 11.6 Å². The Bertz CT molecular complexity index is 455. The van der Waals surface area contributed by atoms with Crippen LogP contribution in [0.15, 0.2) is 18.2 Å². The molecule has 2 rings (SSSR count). The average molecular weight is 254 g/mol. The van der Waals surface area contributed by atoms with Gasteiger partial charge in [0, 0.05) is 18.9 Å². The summed E-state index contributed by atoms with van der Waals surface area (Å²) in [7, 11) is 0. The summed E-state index contributed by atoms with van der Waals surface area (Å²) in [4.78, 5) is 24.8. The SMILES string of the molecule is O=C1CCCCC(=O)N1c1ccc(O)cc1Cl. The Morgan fingerprint density at radius 3 is 2.24 bits per heavy atom. The highest BCUT2D eigenvalue weighted by Gasteiger charge is 2.27. The Labute approximate surface area is 104 Å². The molecule has 0 unspecified atom stereocenters. The molecule has 0 aliphatic carbocycles. The van der Waals surface area contributed by atoms with E-state index in [9.17, 15) is 14.7 Å². The number of hydrogen-bond donors (Lipinski definition) is 1. The van der Waals surface area contributed by atoms with Crippen molar-refractivity contribution in [1.82, 2.24) is 0 Å². The lowest BCUT2D eigenvalue weighted by Gasteiger charge is -2.19. The van der Waals surface area contributed by atoms with Crippen molar-refractivity contribution in [2.24, 2.45) is 0 Å². The first-order valence-electron chi connectivity index (χ1n) is 5.44. The number of imide groups is 1. The topological polar surface area (TPSA) is 57.6 Å². The molecule has 1 heterocycles. The lowest BCUT2D eigenvalue weighted by Crippen LogP contribution is -2.35. The van der Waals surface area contributed by atoms with Crippen LogP contribution in [0.4, 0.5) is 5.69 Å². The van der Waals surface area contributed by atoms with E-state index >= 15 is 0 Å². The van der Waals surface area contributed by atoms with Gasteiger partial charge in [-0.15, -0.1) is 0 Å². The van der Waals surface area contributed by atoms with Gasteiger partial charge in [-0.2, -0.15) is 0 Å². The number of carbonyl (C=O) groups excluding carboxylic acids is 2. The van der Waals surface area contributed by atoms with Crippen molar-refractivity contribution < 1.29 is 14.7 Å². The lowest BCUT2D eigenvalue weighted by molar-refractivity contribution is -0.125. The summed E-state index contributed by atoms with van der Waals surface area (Å²) in [6, 6.07) is 4.22. The monoisotopic (exact) mass is 253 g/mol. The molecule has 0 spiro atoms. The van der Waals surface area contributed by atoms with Crippen molar-refractivity contribution in [2.75, 3.05) is 4.90 Å². The first-order valence-corrected chi connectivity index (χ1v) is 5.81. The second-order valence-electron chi connectivity index (χ2n) is 3.97. The van der Waals surface area contributed by atoms with Gasteiger partial charge < -0.3 is 5.11 Å². The van der Waals surface area contributed by atoms with Gasteiger partial charge in [-0.1, -0.05) is 11.6 Å². The average Bonchev–Trinajstić information content (AvgIpc) is 2.42. The van der Waals surface area contributed by atoms with E-state index in [0.29, 0.717) is 18.5 Å². The maximum absolute atomic E-state index is 11.8. The summed E-state index contributed by atoms with van der Waals surface area (Å²) in [5.74, 6) is -0.464. The molecule has 4 nitrogen and oxygen atoms in total. The second kappa shape index (κ2) is 4.75. The molecule has 1 fully saturated rings. The molecule has 0 radical (unpaired) electrons. The molecule has 1 saturated heterocycles. The fourth-order valence-corrected chi connectivity index (χ4v) is 2.12. The minimum Gasteiger partial charge on any atom is -0.508 e. The molecule has 2 amide bonds. The smallest absolute Gasteiger partial charge is 0.233 e. The van der Waals surface area contributed by atoms with Crippen LogP contribution in [0.25, 0.3) is 0 Å². The van der Waals surface area contributed by atoms with Crippen LogP contribution in [-0.4, -0.2) is 16.9 Å². The van der Waals surface area contributed by atoms with Crippen LogP contribution in [0, 0.1) is 0 Å². The lowest BCUT2D eigenvalue weighted by atomic mass is 10.2. The first-order chi connectivity index (χ1) is 8.09. The number of halogens is 1. The van der Waals surface area contributed by atoms with E-state index in [4.69, 9.17) is 11.6 Å². The van der Waals surface area contributed by atoms with Crippen LogP contribution in [0.5, 0.6) is 5.75 Å². The summed E-state index contributed by atoms with van der Waals surface area (Å²) in [5, 5.41) is 9.45. The van der Waals surface area contributed by atoms with E-state index in [2.05, 4.69) is 0 Å². The van der Waals surface area contributed by atoms with E-state index in [1.807, 2.05) is 0 Å². The van der Waals surface area contributed by atoms with Gasteiger partial charge in [-0.05, 0) is 25.0 Å². The van der Waals surface area contributed by atoms with E-state index in [-0.39, 0.29) is 22.6 Å². The minimum absolute atomic E-state index is 0.00784. The number of phenols is 1. The highest BCUT2D eigenvalue weighted by Crippen LogP contribution is 2.31. The molecule has 1 aromatic rings. The quantitative estimate of drug-likeness (QED) is 0.783. The molecular formula is C12H12ClNO3. The van der Waals surface area contributed by atoms with Crippen molar-refractivity contribution in [2.45, 2.75) is 25.7 Å². The van der Waals surface area contributed by atoms with Gasteiger partial charge in [0.1, 0.15) is 5.75 Å². The zero-order valence-corrected chi connectivity index (χ0v) is 9.91. The summed E-state index contributed by atoms with van der Waals surface area (Å²) in [6.45, 7) is 0. The van der Waals surface area contributed by atoms with E-state index < -0.39 is 0 Å². The van der Waals surface area contributed by atoms with Gasteiger partial charge in [-0.25, -0.2) is 4.90 Å². The maximum Gasteiger partial charge on any atom is 0.233 e. The fraction of sp³-hybridized carbons (Fsp3) is 0.333. The molecule has 0 atom stereocenters. The Kier molecular flexibility index (Phi) is 3.33. The van der Waals surface area contributed by atoms with Gasteiger partial charge >= 0.3 is 0 Å². The number of benzene rings is 1. The number of hydrogen-bond acceptors (Lipinski definition) is 3. The van der Waals surface area contributed by atoms with E-state index in [1.165, 1.54) is 18.2 Å².